The van der Waals surface area contributed by atoms with E-state index in [1.807, 2.05) is 69.3 Å². The number of ketones is 1. The second-order valence-electron chi connectivity index (χ2n) is 6.47. The minimum atomic E-state index is -0.377. The molecular weight excluding hydrogens is 372 g/mol. The van der Waals surface area contributed by atoms with Crippen molar-refractivity contribution >= 4 is 29.4 Å². The Morgan fingerprint density at radius 1 is 1.18 bits per heavy atom. The van der Waals surface area contributed by atoms with E-state index in [-0.39, 0.29) is 23.6 Å². The lowest BCUT2D eigenvalue weighted by Gasteiger charge is -2.25. The van der Waals surface area contributed by atoms with E-state index in [0.29, 0.717) is 11.4 Å². The molecule has 0 saturated carbocycles. The molecule has 2 atom stereocenters. The molecule has 150 valence electrons. The summed E-state index contributed by atoms with van der Waals surface area (Å²) in [5.74, 6) is 0.0638. The molecule has 1 aliphatic carbocycles. The lowest BCUT2D eigenvalue weighted by molar-refractivity contribution is -0.134. The third-order valence-electron chi connectivity index (χ3n) is 4.30. The molecule has 0 aromatic heterocycles. The van der Waals surface area contributed by atoms with Gasteiger partial charge < -0.3 is 4.74 Å². The summed E-state index contributed by atoms with van der Waals surface area (Å²) in [6.07, 6.45) is 11.6. The lowest BCUT2D eigenvalue weighted by atomic mass is 9.78. The summed E-state index contributed by atoms with van der Waals surface area (Å²) in [6, 6.07) is 7.54. The zero-order valence-corrected chi connectivity index (χ0v) is 18.0. The number of carbonyl (C=O) groups is 2. The van der Waals surface area contributed by atoms with Gasteiger partial charge in [-0.2, -0.15) is 0 Å². The first-order valence-corrected chi connectivity index (χ1v) is 9.89. The summed E-state index contributed by atoms with van der Waals surface area (Å²) in [6.45, 7) is 7.91. The van der Waals surface area contributed by atoms with Crippen molar-refractivity contribution in [3.8, 4) is 0 Å². The lowest BCUT2D eigenvalue weighted by Crippen LogP contribution is -2.20. The van der Waals surface area contributed by atoms with Crippen LogP contribution in [0, 0.1) is 11.8 Å². The van der Waals surface area contributed by atoms with E-state index < -0.39 is 0 Å². The molecule has 2 rings (SSSR count). The van der Waals surface area contributed by atoms with Gasteiger partial charge in [0, 0.05) is 23.4 Å². The summed E-state index contributed by atoms with van der Waals surface area (Å²) in [7, 11) is 1.35. The van der Waals surface area contributed by atoms with Gasteiger partial charge in [-0.3, -0.25) is 4.79 Å². The van der Waals surface area contributed by atoms with E-state index >= 15 is 0 Å². The first-order chi connectivity index (χ1) is 13.4. The average Bonchev–Trinajstić information content (AvgIpc) is 2.68. The van der Waals surface area contributed by atoms with Gasteiger partial charge in [-0.05, 0) is 47.8 Å². The van der Waals surface area contributed by atoms with Gasteiger partial charge in [0.1, 0.15) is 0 Å². The maximum atomic E-state index is 12.0. The molecule has 0 radical (unpaired) electrons. The van der Waals surface area contributed by atoms with Gasteiger partial charge in [-0.1, -0.05) is 68.8 Å². The number of allylic oxidation sites excluding steroid dienone is 6. The summed E-state index contributed by atoms with van der Waals surface area (Å²) < 4.78 is 4.64. The van der Waals surface area contributed by atoms with Gasteiger partial charge in [0.15, 0.2) is 5.78 Å². The van der Waals surface area contributed by atoms with Crippen LogP contribution in [0.1, 0.15) is 39.7 Å². The van der Waals surface area contributed by atoms with Gasteiger partial charge in [-0.15, -0.1) is 0 Å². The number of methoxy groups -OCH3 is 1. The Labute approximate surface area is 173 Å². The van der Waals surface area contributed by atoms with Crippen LogP contribution in [0.15, 0.2) is 65.8 Å². The molecule has 28 heavy (non-hydrogen) atoms. The zero-order valence-electron chi connectivity index (χ0n) is 17.2. The fourth-order valence-corrected chi connectivity index (χ4v) is 3.01. The van der Waals surface area contributed by atoms with Crippen molar-refractivity contribution in [2.24, 2.45) is 11.8 Å². The predicted octanol–water partition coefficient (Wildman–Crippen LogP) is 6.21. The smallest absolute Gasteiger partial charge is 0.330 e. The second kappa shape index (κ2) is 12.1. The Bertz CT molecular complexity index is 783. The SMILES string of the molecule is CC.COC(=O)/C=C(C)/C=C/C1C(/C=C/c2ccc(Cl)cc2)=CC(=O)CC1C. The van der Waals surface area contributed by atoms with E-state index in [0.717, 1.165) is 16.7 Å². The summed E-state index contributed by atoms with van der Waals surface area (Å²) in [5, 5.41) is 0.691. The molecule has 1 aliphatic rings. The maximum Gasteiger partial charge on any atom is 0.330 e. The highest BCUT2D eigenvalue weighted by atomic mass is 35.5. The van der Waals surface area contributed by atoms with Crippen LogP contribution < -0.4 is 0 Å². The fraction of sp³-hybridized carbons (Fsp3) is 0.333. The quantitative estimate of drug-likeness (QED) is 0.335. The molecule has 0 spiro atoms. The van der Waals surface area contributed by atoms with Gasteiger partial charge in [0.25, 0.3) is 0 Å². The Hall–Kier alpha value is -2.39. The van der Waals surface area contributed by atoms with Crippen LogP contribution in [-0.2, 0) is 14.3 Å². The molecule has 0 fully saturated rings. The number of hydrogen-bond acceptors (Lipinski definition) is 3. The number of carbonyl (C=O) groups excluding carboxylic acids is 2. The number of benzene rings is 1. The first kappa shape index (κ1) is 23.6. The highest BCUT2D eigenvalue weighted by molar-refractivity contribution is 6.30. The maximum absolute atomic E-state index is 12.0. The second-order valence-corrected chi connectivity index (χ2v) is 6.91. The predicted molar refractivity (Wildman–Crippen MR) is 117 cm³/mol. The minimum Gasteiger partial charge on any atom is -0.466 e. The number of halogens is 1. The van der Waals surface area contributed by atoms with Crippen LogP contribution in [0.25, 0.3) is 6.08 Å². The van der Waals surface area contributed by atoms with Crippen LogP contribution in [-0.4, -0.2) is 18.9 Å². The van der Waals surface area contributed by atoms with Crippen molar-refractivity contribution in [2.45, 2.75) is 34.1 Å². The van der Waals surface area contributed by atoms with Gasteiger partial charge in [-0.25, -0.2) is 4.79 Å². The third-order valence-corrected chi connectivity index (χ3v) is 4.55. The monoisotopic (exact) mass is 400 g/mol. The molecule has 4 heteroatoms. The van der Waals surface area contributed by atoms with Crippen LogP contribution >= 0.6 is 11.6 Å². The van der Waals surface area contributed by atoms with E-state index in [1.54, 1.807) is 6.08 Å². The van der Waals surface area contributed by atoms with Crippen LogP contribution in [0.4, 0.5) is 0 Å². The van der Waals surface area contributed by atoms with Gasteiger partial charge in [0.05, 0.1) is 7.11 Å². The van der Waals surface area contributed by atoms with Crippen molar-refractivity contribution in [1.82, 2.24) is 0 Å². The van der Waals surface area contributed by atoms with Gasteiger partial charge >= 0.3 is 5.97 Å². The Kier molecular flexibility index (Phi) is 10.3. The molecule has 0 N–H and O–H groups in total. The number of esters is 1. The van der Waals surface area contributed by atoms with Gasteiger partial charge in [0.2, 0.25) is 0 Å². The molecule has 3 nitrogen and oxygen atoms in total. The normalized spacial score (nSPS) is 20.0. The highest BCUT2D eigenvalue weighted by Crippen LogP contribution is 2.31. The molecular formula is C24H29ClO3. The zero-order chi connectivity index (χ0) is 21.1. The Morgan fingerprint density at radius 2 is 1.82 bits per heavy atom. The van der Waals surface area contributed by atoms with Crippen molar-refractivity contribution in [1.29, 1.82) is 0 Å². The minimum absolute atomic E-state index is 0.109. The van der Waals surface area contributed by atoms with E-state index in [2.05, 4.69) is 11.7 Å². The summed E-state index contributed by atoms with van der Waals surface area (Å²) in [4.78, 5) is 23.3. The van der Waals surface area contributed by atoms with Crippen molar-refractivity contribution in [3.63, 3.8) is 0 Å². The molecule has 2 unspecified atom stereocenters. The Balaban J connectivity index is 0.00000190. The van der Waals surface area contributed by atoms with Crippen LogP contribution in [0.3, 0.4) is 0 Å². The molecule has 1 aromatic carbocycles. The largest absolute Gasteiger partial charge is 0.466 e. The molecule has 0 bridgehead atoms. The van der Waals surface area contributed by atoms with E-state index in [9.17, 15) is 9.59 Å². The number of hydrogen-bond donors (Lipinski definition) is 0. The topological polar surface area (TPSA) is 43.4 Å². The molecule has 0 amide bonds. The highest BCUT2D eigenvalue weighted by Gasteiger charge is 2.24. The van der Waals surface area contributed by atoms with Crippen LogP contribution in [0.2, 0.25) is 5.02 Å². The van der Waals surface area contributed by atoms with Crippen molar-refractivity contribution in [2.75, 3.05) is 7.11 Å². The first-order valence-electron chi connectivity index (χ1n) is 9.51. The molecule has 0 heterocycles. The van der Waals surface area contributed by atoms with Crippen molar-refractivity contribution < 1.29 is 14.3 Å². The molecule has 0 saturated heterocycles. The fourth-order valence-electron chi connectivity index (χ4n) is 2.89. The van der Waals surface area contributed by atoms with Crippen LogP contribution in [0.5, 0.6) is 0 Å². The third kappa shape index (κ3) is 7.69. The summed E-state index contributed by atoms with van der Waals surface area (Å²) in [5.41, 5.74) is 2.79. The molecule has 1 aromatic rings. The van der Waals surface area contributed by atoms with E-state index in [4.69, 9.17) is 11.6 Å². The average molecular weight is 401 g/mol. The Morgan fingerprint density at radius 3 is 2.43 bits per heavy atom. The molecule has 0 aliphatic heterocycles. The van der Waals surface area contributed by atoms with Crippen molar-refractivity contribution in [3.05, 3.63) is 76.4 Å². The van der Waals surface area contributed by atoms with E-state index in [1.165, 1.54) is 13.2 Å². The number of rotatable bonds is 5. The number of ether oxygens (including phenoxy) is 1. The standard InChI is InChI=1S/C22H23ClO3.C2H6/c1-15(12-22(25)26-3)4-11-21-16(2)13-20(24)14-18(21)8-5-17-6-9-19(23)10-7-17;1-2/h4-12,14,16,21H,13H2,1-3H3;1-2H3/b8-5+,11-4+,15-12+;. The summed E-state index contributed by atoms with van der Waals surface area (Å²) >= 11 is 5.91.